The zero-order chi connectivity index (χ0) is 44.4. The van der Waals surface area contributed by atoms with Crippen molar-refractivity contribution in [3.63, 3.8) is 0 Å². The van der Waals surface area contributed by atoms with Gasteiger partial charge in [-0.2, -0.15) is 24.0 Å². The molecule has 0 radical (unpaired) electrons. The Hall–Kier alpha value is -0.713. The Morgan fingerprint density at radius 1 is 0.774 bits per heavy atom. The summed E-state index contributed by atoms with van der Waals surface area (Å²) in [5.74, 6) is 2.52. The van der Waals surface area contributed by atoms with Gasteiger partial charge in [0.05, 0.1) is 45.8 Å². The third-order valence-electron chi connectivity index (χ3n) is 17.5. The van der Waals surface area contributed by atoms with E-state index in [0.717, 1.165) is 64.4 Å². The number of epoxide rings is 1. The van der Waals surface area contributed by atoms with Gasteiger partial charge in [0.1, 0.15) is 0 Å². The molecule has 7 aliphatic rings. The second kappa shape index (κ2) is 21.1. The van der Waals surface area contributed by atoms with Crippen LogP contribution in [0, 0.1) is 53.3 Å². The smallest absolute Gasteiger partial charge is 0.390 e. The molecule has 62 heavy (non-hydrogen) atoms. The number of hydrogen-bond donors (Lipinski definition) is 2. The van der Waals surface area contributed by atoms with Crippen LogP contribution in [0.2, 0.25) is 0 Å². The van der Waals surface area contributed by atoms with Gasteiger partial charge in [-0.15, -0.1) is 0 Å². The number of fused-ring (bicyclic) bond motifs is 5. The molecular weight excluding hydrogens is 816 g/mol. The molecule has 1 unspecified atom stereocenters. The molecule has 1 aliphatic heterocycles. The zero-order valence-corrected chi connectivity index (χ0v) is 39.5. The van der Waals surface area contributed by atoms with Crippen molar-refractivity contribution in [1.82, 2.24) is 0 Å². The number of sulfone groups is 1. The number of ether oxygens (including phenoxy) is 3. The van der Waals surface area contributed by atoms with Crippen LogP contribution in [0.4, 0.5) is 17.6 Å². The molecule has 0 bridgehead atoms. The summed E-state index contributed by atoms with van der Waals surface area (Å²) in [6.45, 7) is 10.1. The fraction of sp³-hybridized carbons (Fsp3) is 0.857. The number of alkyl halides is 4. The molecular formula is C49H77F4LiO7S. The summed E-state index contributed by atoms with van der Waals surface area (Å²) >= 11 is 0. The van der Waals surface area contributed by atoms with Crippen LogP contribution in [0.25, 0.3) is 0 Å². The van der Waals surface area contributed by atoms with Gasteiger partial charge in [0.25, 0.3) is 0 Å². The molecule has 1 aromatic carbocycles. The Kier molecular flexibility index (Phi) is 17.8. The first-order valence-electron chi connectivity index (χ1n) is 23.7. The number of benzene rings is 1. The minimum atomic E-state index is -3.77. The molecule has 0 amide bonds. The fourth-order valence-electron chi connectivity index (χ4n) is 13.7. The number of hydrogen-bond acceptors (Lipinski definition) is 7. The van der Waals surface area contributed by atoms with Crippen LogP contribution in [-0.2, 0) is 24.0 Å². The van der Waals surface area contributed by atoms with E-state index in [0.29, 0.717) is 54.3 Å². The molecule has 1 saturated heterocycles. The maximum Gasteiger partial charge on any atom is 1.00 e. The van der Waals surface area contributed by atoms with Crippen molar-refractivity contribution in [2.75, 3.05) is 6.61 Å². The number of halogens is 4. The topological polar surface area (TPSA) is 106 Å². The molecule has 8 rings (SSSR count). The molecule has 1 heterocycles. The monoisotopic (exact) mass is 893 g/mol. The van der Waals surface area contributed by atoms with Gasteiger partial charge in [-0.3, -0.25) is 0 Å². The van der Waals surface area contributed by atoms with Gasteiger partial charge in [-0.25, -0.2) is 8.42 Å². The second-order valence-electron chi connectivity index (χ2n) is 21.3. The molecule has 0 aromatic heterocycles. The van der Waals surface area contributed by atoms with Crippen molar-refractivity contribution in [1.29, 1.82) is 0 Å². The first-order chi connectivity index (χ1) is 28.7. The third-order valence-corrected chi connectivity index (χ3v) is 19.8. The minimum Gasteiger partial charge on any atom is -0.390 e. The quantitative estimate of drug-likeness (QED) is 0.0992. The van der Waals surface area contributed by atoms with Gasteiger partial charge in [0.15, 0.2) is 9.84 Å². The maximum absolute atomic E-state index is 14.4. The predicted octanol–water partition coefficient (Wildman–Crippen LogP) is 8.74. The minimum absolute atomic E-state index is 0. The van der Waals surface area contributed by atoms with Crippen LogP contribution in [0.5, 0.6) is 0 Å². The number of aliphatic hydroxyl groups is 2. The van der Waals surface area contributed by atoms with Crippen LogP contribution in [0.1, 0.15) is 163 Å². The van der Waals surface area contributed by atoms with Gasteiger partial charge >= 0.3 is 32.1 Å². The predicted molar refractivity (Wildman–Crippen MR) is 230 cm³/mol. The van der Waals surface area contributed by atoms with Crippen molar-refractivity contribution in [3.05, 3.63) is 37.3 Å². The van der Waals surface area contributed by atoms with Gasteiger partial charge in [0, 0.05) is 0 Å². The summed E-state index contributed by atoms with van der Waals surface area (Å²) in [6.07, 6.45) is 15.5. The molecule has 6 saturated carbocycles. The Morgan fingerprint density at radius 3 is 1.85 bits per heavy atom. The van der Waals surface area contributed by atoms with Crippen molar-refractivity contribution in [2.45, 2.75) is 215 Å². The van der Waals surface area contributed by atoms with E-state index >= 15 is 0 Å². The number of unbranched alkanes of at least 4 members (excludes halogenated alkanes) is 1. The molecule has 7 nitrogen and oxygen atoms in total. The van der Waals surface area contributed by atoms with Gasteiger partial charge < -0.3 is 31.3 Å². The van der Waals surface area contributed by atoms with Crippen LogP contribution >= 0.6 is 0 Å². The van der Waals surface area contributed by atoms with E-state index in [1.165, 1.54) is 25.7 Å². The van der Waals surface area contributed by atoms with Gasteiger partial charge in [-0.1, -0.05) is 52.3 Å². The molecule has 6 aliphatic carbocycles. The Bertz CT molecular complexity index is 1650. The molecule has 7 fully saturated rings. The largest absolute Gasteiger partial charge is 1.00 e. The SMILES string of the molecule is C[C@H](C(CC1(O)CCC(OC(F)F)CC1)S(=O)(=O)c1ccccc1)[C@H]1CC[C@H]2[C@@H]3CC[C@H]4C[C@@](C)(O)CC[C@]4(C)[C@H]3CC[C@]12C.FC(F)OC1CCC2(CC1)CO2.[CH2-]CCC.[Li+]. The van der Waals surface area contributed by atoms with Gasteiger partial charge in [-0.05, 0) is 181 Å². The van der Waals surface area contributed by atoms with Crippen molar-refractivity contribution in [3.8, 4) is 0 Å². The van der Waals surface area contributed by atoms with Crippen molar-refractivity contribution >= 4 is 9.84 Å². The second-order valence-corrected chi connectivity index (χ2v) is 23.5. The van der Waals surface area contributed by atoms with E-state index < -0.39 is 45.6 Å². The van der Waals surface area contributed by atoms with Gasteiger partial charge in [0.2, 0.25) is 0 Å². The zero-order valence-electron chi connectivity index (χ0n) is 38.6. The molecule has 350 valence electrons. The molecule has 1 aromatic rings. The van der Waals surface area contributed by atoms with Crippen molar-refractivity contribution < 1.29 is 69.3 Å². The average molecular weight is 893 g/mol. The van der Waals surface area contributed by atoms with E-state index in [2.05, 4.69) is 39.4 Å². The van der Waals surface area contributed by atoms with Crippen LogP contribution in [0.3, 0.4) is 0 Å². The van der Waals surface area contributed by atoms with E-state index in [9.17, 15) is 36.2 Å². The summed E-state index contributed by atoms with van der Waals surface area (Å²) < 4.78 is 92.6. The summed E-state index contributed by atoms with van der Waals surface area (Å²) in [4.78, 5) is 0.294. The standard InChI is InChI=1S/C37H56F2O5S.C8H12F2O2.C4H9.Li/c1-24(32(45(42,43)27-8-6-5-7-9-27)23-37(41)18-14-26(15-19-37)44-33(38)39)29-12-13-30-28-11-10-25-22-34(2,40)20-21-35(25,3)31(28)16-17-36(29,30)4;9-7(10)12-6-1-3-8(4-2-6)5-11-8;1-3-4-2;/h5-9,24-26,28-33,40-41H,10-23H2,1-4H3;6-7H,1-5H2;1,3-4H2,2H3;/q;;-1;+1/t24-,25-,26?,28-,29+,30-,31-,32?,34-,35-,36+,37?;;;/m0.../s1. The molecule has 10 atom stereocenters. The average Bonchev–Trinajstić information content (AvgIpc) is 3.88. The van der Waals surface area contributed by atoms with E-state index in [1.54, 1.807) is 24.3 Å². The van der Waals surface area contributed by atoms with Crippen LogP contribution in [-0.4, -0.2) is 72.7 Å². The summed E-state index contributed by atoms with van der Waals surface area (Å²) in [5, 5.41) is 21.9. The summed E-state index contributed by atoms with van der Waals surface area (Å²) in [6, 6.07) is 8.66. The molecule has 1 spiro atoms. The third kappa shape index (κ3) is 11.9. The Balaban J connectivity index is 0.000000358. The first kappa shape index (κ1) is 52.3. The first-order valence-corrected chi connectivity index (χ1v) is 25.3. The Labute approximate surface area is 383 Å². The van der Waals surface area contributed by atoms with E-state index in [-0.39, 0.29) is 72.5 Å². The molecule has 2 N–H and O–H groups in total. The summed E-state index contributed by atoms with van der Waals surface area (Å²) in [7, 11) is -3.77. The summed E-state index contributed by atoms with van der Waals surface area (Å²) in [5.41, 5.74) is -1.39. The normalized spacial score (nSPS) is 41.0. The van der Waals surface area contributed by atoms with E-state index in [4.69, 9.17) is 9.47 Å². The van der Waals surface area contributed by atoms with E-state index in [1.807, 2.05) is 13.0 Å². The van der Waals surface area contributed by atoms with Crippen LogP contribution in [0.15, 0.2) is 35.2 Å². The molecule has 13 heteroatoms. The van der Waals surface area contributed by atoms with Crippen LogP contribution < -0.4 is 18.9 Å². The fourth-order valence-corrected chi connectivity index (χ4v) is 15.9. The maximum atomic E-state index is 14.4. The number of rotatable bonds is 11. The van der Waals surface area contributed by atoms with Crippen molar-refractivity contribution in [2.24, 2.45) is 46.3 Å². The Morgan fingerprint density at radius 2 is 1.32 bits per heavy atom.